The van der Waals surface area contributed by atoms with Gasteiger partial charge in [-0.25, -0.2) is 8.42 Å². The highest BCUT2D eigenvalue weighted by Crippen LogP contribution is 2.27. The maximum Gasteiger partial charge on any atom is 0.269 e. The summed E-state index contributed by atoms with van der Waals surface area (Å²) in [5, 5.41) is 14.5. The lowest BCUT2D eigenvalue weighted by Gasteiger charge is -2.34. The number of hydrogen-bond donors (Lipinski definition) is 1. The monoisotopic (exact) mass is 718 g/mol. The van der Waals surface area contributed by atoms with Gasteiger partial charge in [0.2, 0.25) is 11.8 Å². The summed E-state index contributed by atoms with van der Waals surface area (Å²) in [6.45, 7) is -0.602. The van der Waals surface area contributed by atoms with Crippen LogP contribution in [-0.2, 0) is 32.6 Å². The summed E-state index contributed by atoms with van der Waals surface area (Å²) in [7, 11) is -4.31. The van der Waals surface area contributed by atoms with Gasteiger partial charge in [0.15, 0.2) is 0 Å². The molecule has 4 aromatic carbocycles. The van der Waals surface area contributed by atoms with Crippen LogP contribution in [0, 0.1) is 10.1 Å². The van der Waals surface area contributed by atoms with Gasteiger partial charge < -0.3 is 10.2 Å². The predicted octanol–water partition coefficient (Wildman–Crippen LogP) is 6.25. The van der Waals surface area contributed by atoms with E-state index < -0.39 is 33.4 Å². The molecule has 0 aromatic heterocycles. The topological polar surface area (TPSA) is 130 Å². The van der Waals surface area contributed by atoms with Crippen molar-refractivity contribution in [2.24, 2.45) is 0 Å². The normalized spacial score (nSPS) is 13.9. The van der Waals surface area contributed by atoms with Crippen molar-refractivity contribution in [3.05, 3.63) is 135 Å². The molecule has 1 saturated carbocycles. The van der Waals surface area contributed by atoms with E-state index in [1.807, 2.05) is 54.6 Å². The Balaban J connectivity index is 1.56. The molecule has 2 amide bonds. The number of anilines is 1. The fourth-order valence-corrected chi connectivity index (χ4v) is 7.40. The van der Waals surface area contributed by atoms with E-state index in [-0.39, 0.29) is 41.2 Å². The number of nitro groups is 1. The third kappa shape index (κ3) is 8.63. The van der Waals surface area contributed by atoms with Crippen molar-refractivity contribution in [3.63, 3.8) is 0 Å². The second-order valence-electron chi connectivity index (χ2n) is 11.4. The van der Waals surface area contributed by atoms with E-state index in [9.17, 15) is 28.1 Å². The fourth-order valence-electron chi connectivity index (χ4n) is 5.70. The first-order valence-corrected chi connectivity index (χ1v) is 17.6. The van der Waals surface area contributed by atoms with E-state index in [2.05, 4.69) is 21.2 Å². The molecule has 0 aliphatic heterocycles. The third-order valence-corrected chi connectivity index (χ3v) is 10.5. The zero-order valence-corrected chi connectivity index (χ0v) is 28.0. The molecule has 0 unspecified atom stereocenters. The smallest absolute Gasteiger partial charge is 0.269 e. The van der Waals surface area contributed by atoms with Gasteiger partial charge in [0.25, 0.3) is 15.7 Å². The molecule has 0 bridgehead atoms. The Morgan fingerprint density at radius 2 is 1.45 bits per heavy atom. The molecular weight excluding hydrogens is 684 g/mol. The number of carbonyl (C=O) groups excluding carboxylic acids is 2. The van der Waals surface area contributed by atoms with Crippen molar-refractivity contribution in [2.45, 2.75) is 55.6 Å². The van der Waals surface area contributed by atoms with Crippen molar-refractivity contribution >= 4 is 49.1 Å². The van der Waals surface area contributed by atoms with Crippen LogP contribution in [0.15, 0.2) is 119 Å². The summed E-state index contributed by atoms with van der Waals surface area (Å²) >= 11 is 3.44. The van der Waals surface area contributed by atoms with Gasteiger partial charge in [0, 0.05) is 35.6 Å². The highest BCUT2D eigenvalue weighted by atomic mass is 79.9. The molecule has 4 aromatic rings. The van der Waals surface area contributed by atoms with Crippen LogP contribution in [0.4, 0.5) is 11.4 Å². The molecule has 0 spiro atoms. The van der Waals surface area contributed by atoms with Crippen molar-refractivity contribution < 1.29 is 22.9 Å². The van der Waals surface area contributed by atoms with Crippen LogP contribution in [-0.4, -0.2) is 48.7 Å². The number of benzene rings is 4. The number of halogens is 1. The summed E-state index contributed by atoms with van der Waals surface area (Å²) < 4.78 is 29.9. The first-order valence-electron chi connectivity index (χ1n) is 15.3. The Hall–Kier alpha value is -4.55. The average Bonchev–Trinajstić information content (AvgIpc) is 3.60. The Morgan fingerprint density at radius 1 is 0.851 bits per heavy atom. The zero-order chi connectivity index (χ0) is 33.4. The van der Waals surface area contributed by atoms with Gasteiger partial charge in [-0.3, -0.25) is 24.0 Å². The minimum atomic E-state index is -4.31. The van der Waals surface area contributed by atoms with Crippen LogP contribution in [0.5, 0.6) is 0 Å². The Bertz CT molecular complexity index is 1780. The summed E-state index contributed by atoms with van der Waals surface area (Å²) in [4.78, 5) is 40.8. The number of hydrogen-bond acceptors (Lipinski definition) is 6. The molecule has 244 valence electrons. The minimum Gasteiger partial charge on any atom is -0.352 e. The van der Waals surface area contributed by atoms with E-state index in [0.717, 1.165) is 45.6 Å². The number of rotatable bonds is 13. The molecule has 0 heterocycles. The molecule has 5 rings (SSSR count). The SMILES string of the molecule is O=C(NC1CCCC1)[C@H](Cc1ccccc1)N(Cc1ccc(Br)cc1)C(=O)CN(c1ccc([N+](=O)[O-])cc1)S(=O)(=O)c1ccccc1. The molecule has 0 radical (unpaired) electrons. The Labute approximate surface area is 282 Å². The molecule has 1 atom stereocenters. The molecular formula is C35H35BrN4O6S. The van der Waals surface area contributed by atoms with Crippen LogP contribution in [0.25, 0.3) is 0 Å². The van der Waals surface area contributed by atoms with Gasteiger partial charge in [0.1, 0.15) is 12.6 Å². The molecule has 1 aliphatic carbocycles. The van der Waals surface area contributed by atoms with Gasteiger partial charge in [-0.15, -0.1) is 0 Å². The fraction of sp³-hybridized carbons (Fsp3) is 0.257. The number of nitrogens with one attached hydrogen (secondary N) is 1. The quantitative estimate of drug-likeness (QED) is 0.129. The van der Waals surface area contributed by atoms with Gasteiger partial charge >= 0.3 is 0 Å². The highest BCUT2D eigenvalue weighted by molar-refractivity contribution is 9.10. The number of amides is 2. The number of nitrogens with zero attached hydrogens (tertiary/aromatic N) is 3. The van der Waals surface area contributed by atoms with Crippen molar-refractivity contribution in [2.75, 3.05) is 10.8 Å². The van der Waals surface area contributed by atoms with Crippen LogP contribution in [0.1, 0.15) is 36.8 Å². The van der Waals surface area contributed by atoms with E-state index in [0.29, 0.717) is 0 Å². The number of sulfonamides is 1. The van der Waals surface area contributed by atoms with Crippen LogP contribution in [0.3, 0.4) is 0 Å². The maximum absolute atomic E-state index is 14.5. The first kappa shape index (κ1) is 33.8. The van der Waals surface area contributed by atoms with Crippen molar-refractivity contribution in [1.82, 2.24) is 10.2 Å². The van der Waals surface area contributed by atoms with Crippen LogP contribution >= 0.6 is 15.9 Å². The number of non-ortho nitro benzene ring substituents is 1. The summed E-state index contributed by atoms with van der Waals surface area (Å²) in [5.41, 5.74) is 1.45. The van der Waals surface area contributed by atoms with Gasteiger partial charge in [-0.05, 0) is 60.4 Å². The average molecular weight is 720 g/mol. The predicted molar refractivity (Wildman–Crippen MR) is 183 cm³/mol. The zero-order valence-electron chi connectivity index (χ0n) is 25.6. The van der Waals surface area contributed by atoms with E-state index in [4.69, 9.17) is 0 Å². The summed E-state index contributed by atoms with van der Waals surface area (Å²) in [6, 6.07) is 28.5. The third-order valence-electron chi connectivity index (χ3n) is 8.20. The minimum absolute atomic E-state index is 0.000437. The lowest BCUT2D eigenvalue weighted by atomic mass is 10.0. The number of nitro benzene ring substituents is 1. The lowest BCUT2D eigenvalue weighted by molar-refractivity contribution is -0.384. The largest absolute Gasteiger partial charge is 0.352 e. The maximum atomic E-state index is 14.5. The molecule has 47 heavy (non-hydrogen) atoms. The summed E-state index contributed by atoms with van der Waals surface area (Å²) in [5.74, 6) is -0.910. The van der Waals surface area contributed by atoms with Gasteiger partial charge in [-0.2, -0.15) is 0 Å². The summed E-state index contributed by atoms with van der Waals surface area (Å²) in [6.07, 6.45) is 3.95. The van der Waals surface area contributed by atoms with Crippen LogP contribution < -0.4 is 9.62 Å². The second kappa shape index (κ2) is 15.4. The standard InChI is InChI=1S/C35H35BrN4O6S/c36-28-17-15-27(16-18-28)24-38(33(23-26-9-3-1-4-10-26)35(42)37-29-11-7-8-12-29)34(41)25-39(30-19-21-31(22-20-30)40(43)44)47(45,46)32-13-5-2-6-14-32/h1-6,9-10,13-22,29,33H,7-8,11-12,23-25H2,(H,37,42)/t33-/m0/s1. The van der Waals surface area contributed by atoms with E-state index in [1.165, 1.54) is 41.3 Å². The second-order valence-corrected chi connectivity index (χ2v) is 14.2. The van der Waals surface area contributed by atoms with E-state index >= 15 is 0 Å². The molecule has 1 fully saturated rings. The Morgan fingerprint density at radius 3 is 2.04 bits per heavy atom. The van der Waals surface area contributed by atoms with Crippen molar-refractivity contribution in [3.8, 4) is 0 Å². The molecule has 1 aliphatic rings. The highest BCUT2D eigenvalue weighted by Gasteiger charge is 2.35. The van der Waals surface area contributed by atoms with E-state index in [1.54, 1.807) is 18.2 Å². The molecule has 12 heteroatoms. The number of carbonyl (C=O) groups is 2. The molecule has 0 saturated heterocycles. The van der Waals surface area contributed by atoms with Crippen molar-refractivity contribution in [1.29, 1.82) is 0 Å². The first-order chi connectivity index (χ1) is 22.6. The molecule has 1 N–H and O–H groups in total. The van der Waals surface area contributed by atoms with Crippen LogP contribution in [0.2, 0.25) is 0 Å². The molecule has 10 nitrogen and oxygen atoms in total. The Kier molecular flexibility index (Phi) is 11.0. The lowest BCUT2D eigenvalue weighted by Crippen LogP contribution is -2.54. The van der Waals surface area contributed by atoms with Gasteiger partial charge in [-0.1, -0.05) is 89.4 Å². The van der Waals surface area contributed by atoms with Gasteiger partial charge in [0.05, 0.1) is 15.5 Å².